The van der Waals surface area contributed by atoms with Gasteiger partial charge in [0.05, 0.1) is 20.8 Å². The molecule has 0 saturated heterocycles. The van der Waals surface area contributed by atoms with Crippen LogP contribution in [0.15, 0.2) is 46.3 Å². The molecule has 7 nitrogen and oxygen atoms in total. The summed E-state index contributed by atoms with van der Waals surface area (Å²) >= 11 is 4.68. The van der Waals surface area contributed by atoms with Gasteiger partial charge in [-0.25, -0.2) is 4.79 Å². The fraction of sp³-hybridized carbons (Fsp3) is 0.280. The molecule has 1 N–H and O–H groups in total. The zero-order chi connectivity index (χ0) is 24.7. The van der Waals surface area contributed by atoms with E-state index >= 15 is 0 Å². The third-order valence-electron chi connectivity index (χ3n) is 4.98. The van der Waals surface area contributed by atoms with E-state index in [0.29, 0.717) is 27.8 Å². The lowest BCUT2D eigenvalue weighted by Gasteiger charge is -2.12. The van der Waals surface area contributed by atoms with Gasteiger partial charge in [-0.2, -0.15) is 0 Å². The number of rotatable bonds is 10. The molecule has 0 saturated carbocycles. The second-order valence-electron chi connectivity index (χ2n) is 7.09. The number of benzene rings is 2. The van der Waals surface area contributed by atoms with Crippen molar-refractivity contribution in [3.63, 3.8) is 0 Å². The van der Waals surface area contributed by atoms with E-state index in [1.54, 1.807) is 38.7 Å². The van der Waals surface area contributed by atoms with Crippen LogP contribution in [0.25, 0.3) is 11.1 Å². The van der Waals surface area contributed by atoms with Crippen LogP contribution in [-0.4, -0.2) is 39.3 Å². The molecule has 9 heteroatoms. The highest BCUT2D eigenvalue weighted by molar-refractivity contribution is 9.10. The summed E-state index contributed by atoms with van der Waals surface area (Å²) in [6.45, 7) is 3.76. The Morgan fingerprint density at radius 3 is 2.41 bits per heavy atom. The molecule has 0 radical (unpaired) electrons. The van der Waals surface area contributed by atoms with Gasteiger partial charge in [0.25, 0.3) is 5.91 Å². The second kappa shape index (κ2) is 11.9. The summed E-state index contributed by atoms with van der Waals surface area (Å²) in [6, 6.07) is 11.0. The Labute approximate surface area is 211 Å². The molecule has 0 bridgehead atoms. The van der Waals surface area contributed by atoms with Crippen molar-refractivity contribution >= 4 is 44.1 Å². The molecular weight excluding hydrogens is 522 g/mol. The van der Waals surface area contributed by atoms with Crippen molar-refractivity contribution in [1.82, 2.24) is 0 Å². The van der Waals surface area contributed by atoms with Crippen LogP contribution in [0.2, 0.25) is 0 Å². The van der Waals surface area contributed by atoms with Gasteiger partial charge in [-0.1, -0.05) is 28.9 Å². The molecule has 2 aromatic carbocycles. The SMILES string of the molecule is CCOC(=O)c1c(-c2ccc(OC)c(OC)c2)csc1NC(=O)COc1ccc(Br)cc1CC. The number of carbonyl (C=O) groups is 2. The molecule has 0 aliphatic rings. The van der Waals surface area contributed by atoms with Gasteiger partial charge in [-0.3, -0.25) is 4.79 Å². The first-order valence-electron chi connectivity index (χ1n) is 10.6. The summed E-state index contributed by atoms with van der Waals surface area (Å²) < 4.78 is 22.6. The van der Waals surface area contributed by atoms with Crippen molar-refractivity contribution in [3.05, 3.63) is 57.4 Å². The fourth-order valence-corrected chi connectivity index (χ4v) is 4.73. The molecule has 0 unspecified atom stereocenters. The first kappa shape index (κ1) is 25.6. The quantitative estimate of drug-likeness (QED) is 0.315. The number of esters is 1. The van der Waals surface area contributed by atoms with E-state index in [0.717, 1.165) is 22.0 Å². The Balaban J connectivity index is 1.85. The number of methoxy groups -OCH3 is 2. The predicted molar refractivity (Wildman–Crippen MR) is 136 cm³/mol. The summed E-state index contributed by atoms with van der Waals surface area (Å²) in [4.78, 5) is 25.5. The van der Waals surface area contributed by atoms with Crippen LogP contribution in [0.5, 0.6) is 17.2 Å². The Morgan fingerprint density at radius 2 is 1.74 bits per heavy atom. The van der Waals surface area contributed by atoms with Gasteiger partial charge < -0.3 is 24.3 Å². The number of amides is 1. The van der Waals surface area contributed by atoms with E-state index in [9.17, 15) is 9.59 Å². The zero-order valence-electron chi connectivity index (χ0n) is 19.4. The molecule has 3 rings (SSSR count). The van der Waals surface area contributed by atoms with Crippen LogP contribution in [0, 0.1) is 0 Å². The van der Waals surface area contributed by atoms with Crippen molar-refractivity contribution in [1.29, 1.82) is 0 Å². The Hall–Kier alpha value is -3.04. The van der Waals surface area contributed by atoms with Crippen LogP contribution in [-0.2, 0) is 16.0 Å². The predicted octanol–water partition coefficient (Wildman–Crippen LogP) is 5.95. The first-order valence-corrected chi connectivity index (χ1v) is 12.3. The third-order valence-corrected chi connectivity index (χ3v) is 6.37. The highest BCUT2D eigenvalue weighted by Crippen LogP contribution is 2.39. The van der Waals surface area contributed by atoms with Gasteiger partial charge in [0.15, 0.2) is 18.1 Å². The number of hydrogen-bond acceptors (Lipinski definition) is 7. The van der Waals surface area contributed by atoms with E-state index in [1.165, 1.54) is 11.3 Å². The lowest BCUT2D eigenvalue weighted by molar-refractivity contribution is -0.118. The average molecular weight is 548 g/mol. The maximum absolute atomic E-state index is 12.8. The summed E-state index contributed by atoms with van der Waals surface area (Å²) in [5.41, 5.74) is 2.63. The number of halogens is 1. The minimum absolute atomic E-state index is 0.194. The summed E-state index contributed by atoms with van der Waals surface area (Å²) in [7, 11) is 3.10. The van der Waals surface area contributed by atoms with Crippen molar-refractivity contribution in [2.45, 2.75) is 20.3 Å². The molecule has 0 aliphatic heterocycles. The Bertz CT molecular complexity index is 1180. The van der Waals surface area contributed by atoms with Crippen LogP contribution >= 0.6 is 27.3 Å². The summed E-state index contributed by atoms with van der Waals surface area (Å²) in [5.74, 6) is 0.844. The molecule has 0 atom stereocenters. The molecule has 1 heterocycles. The van der Waals surface area contributed by atoms with Gasteiger partial charge in [0.1, 0.15) is 16.3 Å². The number of anilines is 1. The van der Waals surface area contributed by atoms with Gasteiger partial charge in [-0.05, 0) is 54.8 Å². The molecule has 180 valence electrons. The molecule has 34 heavy (non-hydrogen) atoms. The van der Waals surface area contributed by atoms with Crippen molar-refractivity contribution in [2.75, 3.05) is 32.8 Å². The number of hydrogen-bond donors (Lipinski definition) is 1. The van der Waals surface area contributed by atoms with E-state index < -0.39 is 5.97 Å². The van der Waals surface area contributed by atoms with Gasteiger partial charge in [0, 0.05) is 15.4 Å². The van der Waals surface area contributed by atoms with Crippen LogP contribution in [0.3, 0.4) is 0 Å². The maximum atomic E-state index is 12.8. The van der Waals surface area contributed by atoms with Crippen molar-refractivity contribution in [2.24, 2.45) is 0 Å². The average Bonchev–Trinajstić information content (AvgIpc) is 3.26. The third kappa shape index (κ3) is 5.90. The minimum Gasteiger partial charge on any atom is -0.493 e. The van der Waals surface area contributed by atoms with E-state index in [-0.39, 0.29) is 24.7 Å². The standard InChI is InChI=1S/C25H26BrNO6S/c1-5-15-11-17(26)8-10-19(15)33-13-22(28)27-24-23(25(29)32-6-2)18(14-34-24)16-7-9-20(30-3)21(12-16)31-4/h7-12,14H,5-6,13H2,1-4H3,(H,27,28). The molecule has 1 aromatic heterocycles. The first-order chi connectivity index (χ1) is 16.4. The smallest absolute Gasteiger partial charge is 0.341 e. The van der Waals surface area contributed by atoms with Crippen LogP contribution in [0.4, 0.5) is 5.00 Å². The number of carbonyl (C=O) groups excluding carboxylic acids is 2. The molecular formula is C25H26BrNO6S. The zero-order valence-corrected chi connectivity index (χ0v) is 21.8. The number of thiophene rings is 1. The maximum Gasteiger partial charge on any atom is 0.341 e. The van der Waals surface area contributed by atoms with Crippen LogP contribution in [0.1, 0.15) is 29.8 Å². The van der Waals surface area contributed by atoms with Crippen molar-refractivity contribution < 1.29 is 28.5 Å². The summed E-state index contributed by atoms with van der Waals surface area (Å²) in [5, 5.41) is 4.99. The van der Waals surface area contributed by atoms with Gasteiger partial charge in [-0.15, -0.1) is 11.3 Å². The van der Waals surface area contributed by atoms with Gasteiger partial charge in [0.2, 0.25) is 0 Å². The monoisotopic (exact) mass is 547 g/mol. The molecule has 1 amide bonds. The fourth-order valence-electron chi connectivity index (χ4n) is 3.34. The molecule has 0 aliphatic carbocycles. The molecule has 0 spiro atoms. The van der Waals surface area contributed by atoms with Crippen molar-refractivity contribution in [3.8, 4) is 28.4 Å². The topological polar surface area (TPSA) is 83.1 Å². The Kier molecular flexibility index (Phi) is 8.95. The van der Waals surface area contributed by atoms with E-state index in [2.05, 4.69) is 21.2 Å². The molecule has 0 fully saturated rings. The largest absolute Gasteiger partial charge is 0.493 e. The number of ether oxygens (including phenoxy) is 4. The van der Waals surface area contributed by atoms with E-state index in [1.807, 2.05) is 31.2 Å². The minimum atomic E-state index is -0.522. The highest BCUT2D eigenvalue weighted by atomic mass is 79.9. The van der Waals surface area contributed by atoms with Gasteiger partial charge >= 0.3 is 5.97 Å². The normalized spacial score (nSPS) is 10.5. The molecule has 3 aromatic rings. The van der Waals surface area contributed by atoms with Crippen LogP contribution < -0.4 is 19.5 Å². The highest BCUT2D eigenvalue weighted by Gasteiger charge is 2.24. The Morgan fingerprint density at radius 1 is 1.00 bits per heavy atom. The lowest BCUT2D eigenvalue weighted by Crippen LogP contribution is -2.21. The second-order valence-corrected chi connectivity index (χ2v) is 8.88. The number of nitrogens with one attached hydrogen (secondary N) is 1. The summed E-state index contributed by atoms with van der Waals surface area (Å²) in [6.07, 6.45) is 0.767. The van der Waals surface area contributed by atoms with E-state index in [4.69, 9.17) is 18.9 Å². The lowest BCUT2D eigenvalue weighted by atomic mass is 10.0. The number of aryl methyl sites for hydroxylation is 1.